The second-order valence-electron chi connectivity index (χ2n) is 8.07. The minimum absolute atomic E-state index is 0.169. The summed E-state index contributed by atoms with van der Waals surface area (Å²) < 4.78 is 11.8. The van der Waals surface area contributed by atoms with E-state index in [-0.39, 0.29) is 18.1 Å². The number of nitrogens with one attached hydrogen (secondary N) is 1. The molecule has 2 heterocycles. The van der Waals surface area contributed by atoms with Crippen LogP contribution in [0, 0.1) is 0 Å². The molecule has 1 aliphatic carbocycles. The molecule has 1 saturated heterocycles. The Hall–Kier alpha value is -2.60. The van der Waals surface area contributed by atoms with E-state index in [1.165, 1.54) is 12.8 Å². The highest BCUT2D eigenvalue weighted by Crippen LogP contribution is 2.26. The highest BCUT2D eigenvalue weighted by molar-refractivity contribution is 6.04. The van der Waals surface area contributed by atoms with Crippen molar-refractivity contribution < 1.29 is 14.3 Å². The molecule has 1 aromatic carbocycles. The first-order valence-electron chi connectivity index (χ1n) is 10.5. The summed E-state index contributed by atoms with van der Waals surface area (Å²) in [5, 5.41) is 2.94. The first-order chi connectivity index (χ1) is 14.1. The number of anilines is 2. The van der Waals surface area contributed by atoms with E-state index in [2.05, 4.69) is 29.0 Å². The van der Waals surface area contributed by atoms with Gasteiger partial charge in [-0.3, -0.25) is 4.79 Å². The molecule has 0 bridgehead atoms. The monoisotopic (exact) mass is 395 g/mol. The van der Waals surface area contributed by atoms with E-state index in [0.29, 0.717) is 11.7 Å². The molecule has 2 unspecified atom stereocenters. The minimum atomic E-state index is -0.175. The summed E-state index contributed by atoms with van der Waals surface area (Å²) in [6, 6.07) is 11.3. The molecular weight excluding hydrogens is 366 g/mol. The van der Waals surface area contributed by atoms with Crippen LogP contribution in [0.15, 0.2) is 42.6 Å². The lowest BCUT2D eigenvalue weighted by atomic mass is 10.2. The molecule has 154 valence electrons. The number of carbonyl (C=O) groups is 1. The molecule has 1 amide bonds. The van der Waals surface area contributed by atoms with Crippen molar-refractivity contribution in [3.8, 4) is 5.75 Å². The Balaban J connectivity index is 1.38. The molecule has 1 saturated carbocycles. The number of amides is 1. The van der Waals surface area contributed by atoms with Crippen molar-refractivity contribution in [2.75, 3.05) is 23.3 Å². The third-order valence-electron chi connectivity index (χ3n) is 5.45. The maximum absolute atomic E-state index is 12.6. The zero-order valence-corrected chi connectivity index (χ0v) is 17.1. The number of nitrogens with zero attached hydrogens (tertiary/aromatic N) is 2. The van der Waals surface area contributed by atoms with Crippen LogP contribution in [0.2, 0.25) is 0 Å². The number of hydrogen-bond donors (Lipinski definition) is 1. The molecule has 2 fully saturated rings. The van der Waals surface area contributed by atoms with Crippen molar-refractivity contribution in [3.63, 3.8) is 0 Å². The summed E-state index contributed by atoms with van der Waals surface area (Å²) in [6.07, 6.45) is 6.94. The predicted molar refractivity (Wildman–Crippen MR) is 114 cm³/mol. The van der Waals surface area contributed by atoms with Gasteiger partial charge in [-0.15, -0.1) is 0 Å². The predicted octanol–water partition coefficient (Wildman–Crippen LogP) is 4.27. The molecule has 1 N–H and O–H groups in total. The van der Waals surface area contributed by atoms with Crippen molar-refractivity contribution in [2.24, 2.45) is 0 Å². The van der Waals surface area contributed by atoms with Gasteiger partial charge >= 0.3 is 0 Å². The van der Waals surface area contributed by atoms with Crippen molar-refractivity contribution in [1.29, 1.82) is 0 Å². The summed E-state index contributed by atoms with van der Waals surface area (Å²) in [4.78, 5) is 19.3. The van der Waals surface area contributed by atoms with E-state index in [1.54, 1.807) is 6.20 Å². The third kappa shape index (κ3) is 5.07. The number of carbonyl (C=O) groups excluding carboxylic acids is 1. The van der Waals surface area contributed by atoms with E-state index in [0.717, 1.165) is 43.2 Å². The number of hydrogen-bond acceptors (Lipinski definition) is 5. The van der Waals surface area contributed by atoms with Gasteiger partial charge in [0.1, 0.15) is 11.6 Å². The lowest BCUT2D eigenvalue weighted by molar-refractivity contribution is -0.00546. The van der Waals surface area contributed by atoms with Gasteiger partial charge in [-0.05, 0) is 63.8 Å². The van der Waals surface area contributed by atoms with E-state index in [4.69, 9.17) is 9.47 Å². The van der Waals surface area contributed by atoms with E-state index in [9.17, 15) is 4.79 Å². The fourth-order valence-corrected chi connectivity index (χ4v) is 4.12. The number of ether oxygens (including phenoxy) is 2. The molecule has 1 aliphatic heterocycles. The number of rotatable bonds is 5. The first kappa shape index (κ1) is 19.7. The molecule has 2 atom stereocenters. The van der Waals surface area contributed by atoms with Gasteiger partial charge < -0.3 is 19.7 Å². The Bertz CT molecular complexity index is 824. The van der Waals surface area contributed by atoms with Gasteiger partial charge in [-0.25, -0.2) is 4.98 Å². The molecule has 4 rings (SSSR count). The Morgan fingerprint density at radius 2 is 1.90 bits per heavy atom. The average molecular weight is 396 g/mol. The fraction of sp³-hybridized carbons (Fsp3) is 0.478. The van der Waals surface area contributed by atoms with Crippen LogP contribution in [0.5, 0.6) is 5.75 Å². The summed E-state index contributed by atoms with van der Waals surface area (Å²) in [7, 11) is 0. The van der Waals surface area contributed by atoms with Crippen LogP contribution in [-0.4, -0.2) is 42.3 Å². The van der Waals surface area contributed by atoms with Crippen LogP contribution in [0.25, 0.3) is 0 Å². The number of pyridine rings is 1. The van der Waals surface area contributed by atoms with E-state index >= 15 is 0 Å². The topological polar surface area (TPSA) is 63.7 Å². The van der Waals surface area contributed by atoms with E-state index in [1.807, 2.05) is 36.4 Å². The van der Waals surface area contributed by atoms with Crippen molar-refractivity contribution in [1.82, 2.24) is 4.98 Å². The highest BCUT2D eigenvalue weighted by Gasteiger charge is 2.23. The summed E-state index contributed by atoms with van der Waals surface area (Å²) in [5.74, 6) is 1.50. The minimum Gasteiger partial charge on any atom is -0.490 e. The normalized spacial score (nSPS) is 22.5. The van der Waals surface area contributed by atoms with Crippen LogP contribution >= 0.6 is 0 Å². The molecule has 6 heteroatoms. The Morgan fingerprint density at radius 3 is 2.59 bits per heavy atom. The fourth-order valence-electron chi connectivity index (χ4n) is 4.12. The number of benzene rings is 1. The quantitative estimate of drug-likeness (QED) is 0.819. The molecule has 0 spiro atoms. The van der Waals surface area contributed by atoms with Crippen LogP contribution < -0.4 is 15.0 Å². The summed E-state index contributed by atoms with van der Waals surface area (Å²) >= 11 is 0. The second-order valence-corrected chi connectivity index (χ2v) is 8.07. The lowest BCUT2D eigenvalue weighted by Gasteiger charge is -2.36. The summed E-state index contributed by atoms with van der Waals surface area (Å²) in [6.45, 7) is 5.73. The van der Waals surface area contributed by atoms with Gasteiger partial charge in [0, 0.05) is 31.0 Å². The molecule has 1 aromatic heterocycles. The van der Waals surface area contributed by atoms with E-state index < -0.39 is 0 Å². The van der Waals surface area contributed by atoms with Crippen LogP contribution in [0.1, 0.15) is 49.9 Å². The van der Waals surface area contributed by atoms with Gasteiger partial charge in [-0.2, -0.15) is 0 Å². The van der Waals surface area contributed by atoms with Crippen molar-refractivity contribution in [3.05, 3.63) is 48.2 Å². The molecule has 0 radical (unpaired) electrons. The SMILES string of the molecule is CC1CN(c2ccc(C(=O)Nc3cccc(OC4CCCC4)c3)cn2)CC(C)O1. The summed E-state index contributed by atoms with van der Waals surface area (Å²) in [5.41, 5.74) is 1.26. The number of morpholine rings is 1. The van der Waals surface area contributed by atoms with Crippen LogP contribution in [0.4, 0.5) is 11.5 Å². The maximum Gasteiger partial charge on any atom is 0.257 e. The van der Waals surface area contributed by atoms with Crippen molar-refractivity contribution in [2.45, 2.75) is 57.8 Å². The maximum atomic E-state index is 12.6. The largest absolute Gasteiger partial charge is 0.490 e. The average Bonchev–Trinajstić information content (AvgIpc) is 3.20. The van der Waals surface area contributed by atoms with Gasteiger partial charge in [0.05, 0.1) is 23.9 Å². The van der Waals surface area contributed by atoms with Gasteiger partial charge in [0.2, 0.25) is 0 Å². The smallest absolute Gasteiger partial charge is 0.257 e. The Morgan fingerprint density at radius 1 is 1.14 bits per heavy atom. The Labute approximate surface area is 172 Å². The molecule has 6 nitrogen and oxygen atoms in total. The first-order valence-corrected chi connectivity index (χ1v) is 10.5. The van der Waals surface area contributed by atoms with Crippen LogP contribution in [-0.2, 0) is 4.74 Å². The second kappa shape index (κ2) is 8.82. The number of aromatic nitrogens is 1. The molecular formula is C23H29N3O3. The van der Waals surface area contributed by atoms with Gasteiger partial charge in [0.15, 0.2) is 0 Å². The standard InChI is InChI=1S/C23H29N3O3/c1-16-14-26(15-17(2)28-16)22-11-10-18(13-24-22)23(27)25-19-6-5-9-21(12-19)29-20-7-3-4-8-20/h5-6,9-13,16-17,20H,3-4,7-8,14-15H2,1-2H3,(H,25,27). The highest BCUT2D eigenvalue weighted by atomic mass is 16.5. The molecule has 2 aliphatic rings. The van der Waals surface area contributed by atoms with Gasteiger partial charge in [-0.1, -0.05) is 6.07 Å². The lowest BCUT2D eigenvalue weighted by Crippen LogP contribution is -2.45. The van der Waals surface area contributed by atoms with Gasteiger partial charge in [0.25, 0.3) is 5.91 Å². The zero-order chi connectivity index (χ0) is 20.2. The Kier molecular flexibility index (Phi) is 6.00. The third-order valence-corrected chi connectivity index (χ3v) is 5.45. The zero-order valence-electron chi connectivity index (χ0n) is 17.1. The van der Waals surface area contributed by atoms with Crippen LogP contribution in [0.3, 0.4) is 0 Å². The molecule has 29 heavy (non-hydrogen) atoms. The van der Waals surface area contributed by atoms with Crippen molar-refractivity contribution >= 4 is 17.4 Å². The molecule has 2 aromatic rings.